The molecule has 0 saturated carbocycles. The van der Waals surface area contributed by atoms with Gasteiger partial charge in [-0.25, -0.2) is 13.4 Å². The van der Waals surface area contributed by atoms with Crippen LogP contribution in [0.4, 0.5) is 5.69 Å². The molecule has 1 heterocycles. The fraction of sp³-hybridized carbons (Fsp3) is 0.250. The molecule has 1 unspecified atom stereocenters. The monoisotopic (exact) mass is 312 g/mol. The van der Waals surface area contributed by atoms with Crippen molar-refractivity contribution >= 4 is 22.0 Å². The van der Waals surface area contributed by atoms with E-state index in [0.717, 1.165) is 0 Å². The SMILES string of the molecule is COC1=CC(NS(=O)(=O)c2ccc(N)cc2)(OC)N=CN1. The third kappa shape index (κ3) is 3.32. The van der Waals surface area contributed by atoms with Crippen LogP contribution in [0.25, 0.3) is 0 Å². The standard InChI is InChI=1S/C12H16N4O4S/c1-19-11-7-12(20-2,15-8-14-11)16-21(17,18)10-5-3-9(13)4-6-10/h3-8,16H,13H2,1-2H3,(H,14,15). The highest BCUT2D eigenvalue weighted by atomic mass is 32.2. The summed E-state index contributed by atoms with van der Waals surface area (Å²) >= 11 is 0. The van der Waals surface area contributed by atoms with Gasteiger partial charge in [0.1, 0.15) is 0 Å². The third-order valence-corrected chi connectivity index (χ3v) is 4.25. The van der Waals surface area contributed by atoms with Crippen LogP contribution in [-0.4, -0.2) is 34.8 Å². The molecule has 0 radical (unpaired) electrons. The fourth-order valence-electron chi connectivity index (χ4n) is 1.67. The number of aliphatic imine (C=N–C) groups is 1. The minimum absolute atomic E-state index is 0.0502. The first kappa shape index (κ1) is 15.3. The molecule has 1 aliphatic rings. The molecular formula is C12H16N4O4S. The molecule has 1 aromatic rings. The van der Waals surface area contributed by atoms with Gasteiger partial charge in [-0.2, -0.15) is 4.72 Å². The lowest BCUT2D eigenvalue weighted by atomic mass is 10.3. The van der Waals surface area contributed by atoms with Gasteiger partial charge in [0.25, 0.3) is 5.85 Å². The number of nitrogens with zero attached hydrogens (tertiary/aromatic N) is 1. The summed E-state index contributed by atoms with van der Waals surface area (Å²) in [5, 5.41) is 2.71. The summed E-state index contributed by atoms with van der Waals surface area (Å²) in [5.74, 6) is -1.26. The maximum absolute atomic E-state index is 12.4. The Labute approximate surface area is 122 Å². The van der Waals surface area contributed by atoms with E-state index in [2.05, 4.69) is 15.0 Å². The van der Waals surface area contributed by atoms with Gasteiger partial charge in [-0.15, -0.1) is 0 Å². The van der Waals surface area contributed by atoms with Gasteiger partial charge >= 0.3 is 0 Å². The fourth-order valence-corrected chi connectivity index (χ4v) is 2.87. The topological polar surface area (TPSA) is 115 Å². The van der Waals surface area contributed by atoms with Crippen molar-refractivity contribution < 1.29 is 17.9 Å². The first-order chi connectivity index (χ1) is 9.91. The van der Waals surface area contributed by atoms with Gasteiger partial charge in [0.2, 0.25) is 10.0 Å². The molecule has 0 aliphatic carbocycles. The zero-order valence-corrected chi connectivity index (χ0v) is 12.3. The Bertz CT molecular complexity index is 669. The van der Waals surface area contributed by atoms with Crippen molar-refractivity contribution in [1.82, 2.24) is 10.0 Å². The summed E-state index contributed by atoms with van der Waals surface area (Å²) in [6.07, 6.45) is 2.66. The number of anilines is 1. The highest BCUT2D eigenvalue weighted by molar-refractivity contribution is 7.89. The number of methoxy groups -OCH3 is 2. The maximum atomic E-state index is 12.4. The van der Waals surface area contributed by atoms with Gasteiger partial charge < -0.3 is 20.5 Å². The Morgan fingerprint density at radius 3 is 2.52 bits per heavy atom. The molecule has 1 atom stereocenters. The molecule has 0 spiro atoms. The van der Waals surface area contributed by atoms with E-state index < -0.39 is 15.9 Å². The summed E-state index contributed by atoms with van der Waals surface area (Å²) < 4.78 is 37.3. The molecule has 1 aromatic carbocycles. The largest absolute Gasteiger partial charge is 0.482 e. The van der Waals surface area contributed by atoms with Gasteiger partial charge in [0, 0.05) is 18.9 Å². The first-order valence-corrected chi connectivity index (χ1v) is 7.41. The summed E-state index contributed by atoms with van der Waals surface area (Å²) in [6, 6.07) is 5.78. The molecule has 9 heteroatoms. The second-order valence-corrected chi connectivity index (χ2v) is 5.87. The van der Waals surface area contributed by atoms with E-state index in [1.165, 1.54) is 50.9 Å². The Morgan fingerprint density at radius 1 is 1.29 bits per heavy atom. The van der Waals surface area contributed by atoms with Crippen molar-refractivity contribution in [3.05, 3.63) is 36.2 Å². The minimum Gasteiger partial charge on any atom is -0.482 e. The van der Waals surface area contributed by atoms with Gasteiger partial charge in [-0.05, 0) is 24.3 Å². The highest BCUT2D eigenvalue weighted by Gasteiger charge is 2.35. The molecule has 2 rings (SSSR count). The second-order valence-electron chi connectivity index (χ2n) is 4.19. The molecule has 4 N–H and O–H groups in total. The molecular weight excluding hydrogens is 296 g/mol. The maximum Gasteiger partial charge on any atom is 0.255 e. The molecule has 8 nitrogen and oxygen atoms in total. The number of nitrogen functional groups attached to an aromatic ring is 1. The molecule has 0 amide bonds. The van der Waals surface area contributed by atoms with E-state index in [9.17, 15) is 8.42 Å². The van der Waals surface area contributed by atoms with Crippen LogP contribution in [0.15, 0.2) is 46.1 Å². The van der Waals surface area contributed by atoms with E-state index in [0.29, 0.717) is 11.6 Å². The van der Waals surface area contributed by atoms with Crippen molar-refractivity contribution in [1.29, 1.82) is 0 Å². The summed E-state index contributed by atoms with van der Waals surface area (Å²) in [6.45, 7) is 0. The van der Waals surface area contributed by atoms with Crippen molar-refractivity contribution in [2.75, 3.05) is 20.0 Å². The van der Waals surface area contributed by atoms with E-state index in [1.54, 1.807) is 0 Å². The van der Waals surface area contributed by atoms with Crippen molar-refractivity contribution in [2.24, 2.45) is 4.99 Å². The number of sulfonamides is 1. The predicted octanol–water partition coefficient (Wildman–Crippen LogP) is -0.0334. The van der Waals surface area contributed by atoms with E-state index in [1.807, 2.05) is 0 Å². The van der Waals surface area contributed by atoms with Crippen LogP contribution in [0.1, 0.15) is 0 Å². The molecule has 0 fully saturated rings. The van der Waals surface area contributed by atoms with E-state index in [-0.39, 0.29) is 4.90 Å². The molecule has 1 aliphatic heterocycles. The lowest BCUT2D eigenvalue weighted by molar-refractivity contribution is 0.0246. The molecule has 0 saturated heterocycles. The predicted molar refractivity (Wildman–Crippen MR) is 77.6 cm³/mol. The molecule has 114 valence electrons. The third-order valence-electron chi connectivity index (χ3n) is 2.79. The van der Waals surface area contributed by atoms with Crippen LogP contribution >= 0.6 is 0 Å². The summed E-state index contributed by atoms with van der Waals surface area (Å²) in [4.78, 5) is 4.03. The van der Waals surface area contributed by atoms with E-state index in [4.69, 9.17) is 15.2 Å². The van der Waals surface area contributed by atoms with E-state index >= 15 is 0 Å². The zero-order chi connectivity index (χ0) is 15.5. The smallest absolute Gasteiger partial charge is 0.255 e. The molecule has 0 aromatic heterocycles. The Hall–Kier alpha value is -2.10. The van der Waals surface area contributed by atoms with Crippen LogP contribution in [0, 0.1) is 0 Å². The Balaban J connectivity index is 2.33. The summed E-state index contributed by atoms with van der Waals surface area (Å²) in [7, 11) is -1.08. The van der Waals surface area contributed by atoms with Gasteiger partial charge in [0.15, 0.2) is 5.88 Å². The van der Waals surface area contributed by atoms with Crippen molar-refractivity contribution in [2.45, 2.75) is 10.7 Å². The first-order valence-electron chi connectivity index (χ1n) is 5.92. The number of ether oxygens (including phenoxy) is 2. The van der Waals surface area contributed by atoms with Crippen LogP contribution < -0.4 is 15.8 Å². The van der Waals surface area contributed by atoms with Crippen molar-refractivity contribution in [3.63, 3.8) is 0 Å². The van der Waals surface area contributed by atoms with Crippen molar-refractivity contribution in [3.8, 4) is 0 Å². The average molecular weight is 312 g/mol. The van der Waals surface area contributed by atoms with Gasteiger partial charge in [0.05, 0.1) is 18.3 Å². The quantitative estimate of drug-likeness (QED) is 0.519. The van der Waals surface area contributed by atoms with Crippen LogP contribution in [-0.2, 0) is 19.5 Å². The number of hydrogen-bond donors (Lipinski definition) is 3. The van der Waals surface area contributed by atoms with Crippen LogP contribution in [0.5, 0.6) is 0 Å². The number of hydrogen-bond acceptors (Lipinski definition) is 7. The van der Waals surface area contributed by atoms with Crippen LogP contribution in [0.3, 0.4) is 0 Å². The minimum atomic E-state index is -3.85. The zero-order valence-electron chi connectivity index (χ0n) is 11.5. The van der Waals surface area contributed by atoms with Gasteiger partial charge in [-0.3, -0.25) is 0 Å². The molecule has 0 bridgehead atoms. The Morgan fingerprint density at radius 2 is 1.95 bits per heavy atom. The lowest BCUT2D eigenvalue weighted by Crippen LogP contribution is -2.49. The number of nitrogens with one attached hydrogen (secondary N) is 2. The van der Waals surface area contributed by atoms with Crippen LogP contribution in [0.2, 0.25) is 0 Å². The van der Waals surface area contributed by atoms with Gasteiger partial charge in [-0.1, -0.05) is 0 Å². The normalized spacial score (nSPS) is 21.5. The Kier molecular flexibility index (Phi) is 4.16. The number of nitrogens with two attached hydrogens (primary N) is 1. The highest BCUT2D eigenvalue weighted by Crippen LogP contribution is 2.20. The average Bonchev–Trinajstić information content (AvgIpc) is 2.47. The number of rotatable bonds is 5. The summed E-state index contributed by atoms with van der Waals surface area (Å²) in [5.41, 5.74) is 6.01. The second kappa shape index (κ2) is 5.72. The lowest BCUT2D eigenvalue weighted by Gasteiger charge is -2.28. The number of benzene rings is 1. The molecule has 21 heavy (non-hydrogen) atoms.